The summed E-state index contributed by atoms with van der Waals surface area (Å²) in [6.07, 6.45) is 0.862. The molecule has 0 saturated carbocycles. The van der Waals surface area contributed by atoms with Gasteiger partial charge in [-0.15, -0.1) is 11.6 Å². The summed E-state index contributed by atoms with van der Waals surface area (Å²) in [5, 5.41) is 3.91. The molecule has 0 radical (unpaired) electrons. The van der Waals surface area contributed by atoms with Gasteiger partial charge in [-0.05, 0) is 0 Å². The molecule has 0 spiro atoms. The van der Waals surface area contributed by atoms with E-state index in [-0.39, 0.29) is 5.38 Å². The van der Waals surface area contributed by atoms with Crippen molar-refractivity contribution < 1.29 is 4.74 Å². The zero-order chi connectivity index (χ0) is 10.4. The van der Waals surface area contributed by atoms with Gasteiger partial charge in [0.15, 0.2) is 0 Å². The van der Waals surface area contributed by atoms with Crippen LogP contribution in [0, 0.1) is 0 Å². The van der Waals surface area contributed by atoms with Crippen molar-refractivity contribution in [3.8, 4) is 0 Å². The van der Waals surface area contributed by atoms with E-state index in [1.54, 1.807) is 7.11 Å². The Kier molecular flexibility index (Phi) is 5.14. The minimum absolute atomic E-state index is 0.0334. The van der Waals surface area contributed by atoms with Gasteiger partial charge in [-0.1, -0.05) is 6.92 Å². The number of nitrogens with one attached hydrogen (secondary N) is 1. The standard InChI is InChI=1S/C8H14ClN3OS/c1-3-7-11-8(14-12-7)10-4-6(9)5-13-2/h6H,3-5H2,1-2H3,(H,10,11,12). The molecule has 0 aliphatic rings. The number of ether oxygens (including phenoxy) is 1. The van der Waals surface area contributed by atoms with Gasteiger partial charge in [-0.2, -0.15) is 4.37 Å². The molecule has 0 bridgehead atoms. The summed E-state index contributed by atoms with van der Waals surface area (Å²) in [4.78, 5) is 4.26. The third-order valence-corrected chi connectivity index (χ3v) is 2.60. The van der Waals surface area contributed by atoms with Crippen molar-refractivity contribution in [1.82, 2.24) is 9.36 Å². The van der Waals surface area contributed by atoms with Crippen LogP contribution in [0.3, 0.4) is 0 Å². The first-order chi connectivity index (χ1) is 6.76. The zero-order valence-electron chi connectivity index (χ0n) is 8.29. The van der Waals surface area contributed by atoms with Crippen LogP contribution < -0.4 is 5.32 Å². The summed E-state index contributed by atoms with van der Waals surface area (Å²) in [6.45, 7) is 3.21. The largest absolute Gasteiger partial charge is 0.383 e. The molecular weight excluding hydrogens is 222 g/mol. The van der Waals surface area contributed by atoms with Gasteiger partial charge in [-0.25, -0.2) is 4.98 Å². The van der Waals surface area contributed by atoms with Gasteiger partial charge in [0.25, 0.3) is 0 Å². The maximum absolute atomic E-state index is 5.94. The first kappa shape index (κ1) is 11.7. The topological polar surface area (TPSA) is 47.0 Å². The summed E-state index contributed by atoms with van der Waals surface area (Å²) in [7, 11) is 1.63. The lowest BCUT2D eigenvalue weighted by molar-refractivity contribution is 0.200. The van der Waals surface area contributed by atoms with Crippen molar-refractivity contribution in [2.45, 2.75) is 18.7 Å². The Labute approximate surface area is 92.8 Å². The van der Waals surface area contributed by atoms with E-state index < -0.39 is 0 Å². The lowest BCUT2D eigenvalue weighted by Crippen LogP contribution is -2.18. The van der Waals surface area contributed by atoms with Crippen LogP contribution in [0.15, 0.2) is 0 Å². The predicted octanol–water partition coefficient (Wildman–Crippen LogP) is 1.77. The molecule has 1 aromatic rings. The van der Waals surface area contributed by atoms with Crippen LogP contribution in [0.5, 0.6) is 0 Å². The molecular formula is C8H14ClN3OS. The summed E-state index contributed by atoms with van der Waals surface area (Å²) in [5.41, 5.74) is 0. The van der Waals surface area contributed by atoms with E-state index in [9.17, 15) is 0 Å². The molecule has 1 rings (SSSR count). The fraction of sp³-hybridized carbons (Fsp3) is 0.750. The van der Waals surface area contributed by atoms with Gasteiger partial charge in [-0.3, -0.25) is 0 Å². The molecule has 4 nitrogen and oxygen atoms in total. The van der Waals surface area contributed by atoms with Gasteiger partial charge in [0, 0.05) is 31.6 Å². The van der Waals surface area contributed by atoms with E-state index in [4.69, 9.17) is 16.3 Å². The first-order valence-electron chi connectivity index (χ1n) is 4.45. The summed E-state index contributed by atoms with van der Waals surface area (Å²) in [6, 6.07) is 0. The van der Waals surface area contributed by atoms with E-state index in [0.717, 1.165) is 17.4 Å². The monoisotopic (exact) mass is 235 g/mol. The number of halogens is 1. The number of hydrogen-bond acceptors (Lipinski definition) is 5. The third-order valence-electron chi connectivity index (χ3n) is 1.61. The van der Waals surface area contributed by atoms with Crippen LogP contribution in [0.25, 0.3) is 0 Å². The highest BCUT2D eigenvalue weighted by Gasteiger charge is 2.06. The third kappa shape index (κ3) is 3.77. The molecule has 6 heteroatoms. The number of aromatic nitrogens is 2. The number of methoxy groups -OCH3 is 1. The van der Waals surface area contributed by atoms with E-state index in [2.05, 4.69) is 14.7 Å². The number of hydrogen-bond donors (Lipinski definition) is 1. The Balaban J connectivity index is 2.30. The average Bonchev–Trinajstić information content (AvgIpc) is 2.63. The molecule has 0 aliphatic heterocycles. The van der Waals surface area contributed by atoms with Crippen LogP contribution in [0.4, 0.5) is 5.13 Å². The fourth-order valence-corrected chi connectivity index (χ4v) is 1.77. The van der Waals surface area contributed by atoms with Crippen molar-refractivity contribution >= 4 is 28.3 Å². The SMILES string of the molecule is CCc1nsc(NCC(Cl)COC)n1. The number of anilines is 1. The second-order valence-electron chi connectivity index (χ2n) is 2.80. The molecule has 1 atom stereocenters. The van der Waals surface area contributed by atoms with E-state index in [1.807, 2.05) is 6.92 Å². The molecule has 1 heterocycles. The molecule has 0 saturated heterocycles. The Morgan fingerprint density at radius 1 is 1.64 bits per heavy atom. The molecule has 0 aliphatic carbocycles. The lowest BCUT2D eigenvalue weighted by atomic mass is 10.4. The van der Waals surface area contributed by atoms with Crippen LogP contribution >= 0.6 is 23.1 Å². The Bertz CT molecular complexity index is 269. The van der Waals surface area contributed by atoms with Crippen molar-refractivity contribution in [3.05, 3.63) is 5.82 Å². The number of aryl methyl sites for hydroxylation is 1. The van der Waals surface area contributed by atoms with Crippen LogP contribution in [0.1, 0.15) is 12.7 Å². The first-order valence-corrected chi connectivity index (χ1v) is 5.66. The molecule has 0 fully saturated rings. The van der Waals surface area contributed by atoms with Crippen LogP contribution in [0.2, 0.25) is 0 Å². The van der Waals surface area contributed by atoms with Gasteiger partial charge >= 0.3 is 0 Å². The minimum atomic E-state index is -0.0334. The van der Waals surface area contributed by atoms with Gasteiger partial charge < -0.3 is 10.1 Å². The quantitative estimate of drug-likeness (QED) is 0.764. The fourth-order valence-electron chi connectivity index (χ4n) is 0.907. The van der Waals surface area contributed by atoms with Gasteiger partial charge in [0.2, 0.25) is 5.13 Å². The van der Waals surface area contributed by atoms with Crippen molar-refractivity contribution in [3.63, 3.8) is 0 Å². The molecule has 1 aromatic heterocycles. The number of rotatable bonds is 6. The second kappa shape index (κ2) is 6.16. The summed E-state index contributed by atoms with van der Waals surface area (Å²) < 4.78 is 9.07. The number of nitrogens with zero attached hydrogens (tertiary/aromatic N) is 2. The highest BCUT2D eigenvalue weighted by molar-refractivity contribution is 7.09. The van der Waals surface area contributed by atoms with E-state index in [0.29, 0.717) is 13.2 Å². The summed E-state index contributed by atoms with van der Waals surface area (Å²) >= 11 is 7.30. The average molecular weight is 236 g/mol. The molecule has 1 N–H and O–H groups in total. The molecule has 1 unspecified atom stereocenters. The van der Waals surface area contributed by atoms with E-state index >= 15 is 0 Å². The minimum Gasteiger partial charge on any atom is -0.383 e. The molecule has 0 aromatic carbocycles. The van der Waals surface area contributed by atoms with Gasteiger partial charge in [0.05, 0.1) is 12.0 Å². The Morgan fingerprint density at radius 3 is 3.00 bits per heavy atom. The maximum Gasteiger partial charge on any atom is 0.202 e. The maximum atomic E-state index is 5.94. The van der Waals surface area contributed by atoms with Crippen molar-refractivity contribution in [2.24, 2.45) is 0 Å². The van der Waals surface area contributed by atoms with Crippen molar-refractivity contribution in [1.29, 1.82) is 0 Å². The highest BCUT2D eigenvalue weighted by Crippen LogP contribution is 2.11. The van der Waals surface area contributed by atoms with Crippen LogP contribution in [-0.4, -0.2) is 35.0 Å². The highest BCUT2D eigenvalue weighted by atomic mass is 35.5. The predicted molar refractivity (Wildman–Crippen MR) is 59.3 cm³/mol. The van der Waals surface area contributed by atoms with Crippen LogP contribution in [-0.2, 0) is 11.2 Å². The lowest BCUT2D eigenvalue weighted by Gasteiger charge is -2.07. The Morgan fingerprint density at radius 2 is 2.43 bits per heavy atom. The van der Waals surface area contributed by atoms with Crippen molar-refractivity contribution in [2.75, 3.05) is 25.6 Å². The molecule has 80 valence electrons. The van der Waals surface area contributed by atoms with Gasteiger partial charge in [0.1, 0.15) is 5.82 Å². The molecule has 14 heavy (non-hydrogen) atoms. The summed E-state index contributed by atoms with van der Waals surface area (Å²) in [5.74, 6) is 0.871. The second-order valence-corrected chi connectivity index (χ2v) is 4.17. The Hall–Kier alpha value is -0.390. The smallest absolute Gasteiger partial charge is 0.202 e. The van der Waals surface area contributed by atoms with E-state index in [1.165, 1.54) is 11.5 Å². The number of alkyl halides is 1. The zero-order valence-corrected chi connectivity index (χ0v) is 9.86. The normalized spacial score (nSPS) is 12.8. The molecule has 0 amide bonds.